The first-order chi connectivity index (χ1) is 13.7. The summed E-state index contributed by atoms with van der Waals surface area (Å²) >= 11 is 0. The largest absolute Gasteiger partial charge is 0.348 e. The molecule has 1 saturated heterocycles. The molecule has 0 unspecified atom stereocenters. The topological polar surface area (TPSA) is 73.9 Å². The van der Waals surface area contributed by atoms with Crippen molar-refractivity contribution in [3.63, 3.8) is 0 Å². The van der Waals surface area contributed by atoms with Gasteiger partial charge in [-0.05, 0) is 61.7 Å². The predicted octanol–water partition coefficient (Wildman–Crippen LogP) is 3.75. The van der Waals surface area contributed by atoms with Crippen LogP contribution in [0.1, 0.15) is 49.2 Å². The highest BCUT2D eigenvalue weighted by Gasteiger charge is 2.18. The highest BCUT2D eigenvalue weighted by Crippen LogP contribution is 2.26. The number of aromatic amines is 1. The first-order valence-electron chi connectivity index (χ1n) is 10.1. The molecule has 146 valence electrons. The van der Waals surface area contributed by atoms with Crippen molar-refractivity contribution >= 4 is 16.8 Å². The van der Waals surface area contributed by atoms with Gasteiger partial charge in [-0.3, -0.25) is 19.8 Å². The van der Waals surface area contributed by atoms with Crippen molar-refractivity contribution in [1.82, 2.24) is 25.4 Å². The molecule has 0 radical (unpaired) electrons. The second-order valence-electron chi connectivity index (χ2n) is 7.53. The molecular formula is C22H27N5O. The average Bonchev–Trinajstić information content (AvgIpc) is 3.12. The number of amides is 1. The van der Waals surface area contributed by atoms with Crippen molar-refractivity contribution in [2.75, 3.05) is 13.1 Å². The second kappa shape index (κ2) is 8.10. The molecule has 1 aliphatic heterocycles. The van der Waals surface area contributed by atoms with Crippen molar-refractivity contribution in [2.24, 2.45) is 0 Å². The van der Waals surface area contributed by atoms with Gasteiger partial charge in [-0.15, -0.1) is 0 Å². The number of nitrogens with one attached hydrogen (secondary N) is 2. The van der Waals surface area contributed by atoms with Gasteiger partial charge in [0.15, 0.2) is 5.69 Å². The standard InChI is InChI=1S/C22H27N5O/c1-3-18(4-2)24-22(28)21-19-11-16(6-7-20(19)25-26-21)17-10-15(12-23-13-17)14-27-8-5-9-27/h6-7,10-13,18H,3-5,8-9,14H2,1-2H3,(H,24,28)(H,25,26). The van der Waals surface area contributed by atoms with Gasteiger partial charge in [-0.1, -0.05) is 19.9 Å². The Morgan fingerprint density at radius 1 is 1.18 bits per heavy atom. The van der Waals surface area contributed by atoms with Gasteiger partial charge < -0.3 is 5.32 Å². The minimum atomic E-state index is -0.123. The number of nitrogens with zero attached hydrogens (tertiary/aromatic N) is 3. The molecule has 2 N–H and O–H groups in total. The number of carbonyl (C=O) groups excluding carboxylic acids is 1. The molecule has 3 heterocycles. The molecule has 1 amide bonds. The van der Waals surface area contributed by atoms with Gasteiger partial charge in [0, 0.05) is 35.9 Å². The second-order valence-corrected chi connectivity index (χ2v) is 7.53. The monoisotopic (exact) mass is 377 g/mol. The Morgan fingerprint density at radius 2 is 2.00 bits per heavy atom. The van der Waals surface area contributed by atoms with E-state index in [1.807, 2.05) is 30.6 Å². The quantitative estimate of drug-likeness (QED) is 0.658. The summed E-state index contributed by atoms with van der Waals surface area (Å²) in [4.78, 5) is 19.5. The number of H-pyrrole nitrogens is 1. The third-order valence-corrected chi connectivity index (χ3v) is 5.58. The number of aromatic nitrogens is 3. The van der Waals surface area contributed by atoms with Crippen LogP contribution in [0.2, 0.25) is 0 Å². The van der Waals surface area contributed by atoms with E-state index in [9.17, 15) is 4.79 Å². The number of fused-ring (bicyclic) bond motifs is 1. The number of rotatable bonds is 7. The maximum atomic E-state index is 12.7. The smallest absolute Gasteiger partial charge is 0.272 e. The predicted molar refractivity (Wildman–Crippen MR) is 111 cm³/mol. The summed E-state index contributed by atoms with van der Waals surface area (Å²) < 4.78 is 0. The normalized spacial score (nSPS) is 14.4. The Kier molecular flexibility index (Phi) is 5.39. The van der Waals surface area contributed by atoms with Crippen LogP contribution in [0.4, 0.5) is 0 Å². The molecule has 6 nitrogen and oxygen atoms in total. The Hall–Kier alpha value is -2.73. The zero-order chi connectivity index (χ0) is 19.5. The lowest BCUT2D eigenvalue weighted by Crippen LogP contribution is -2.36. The third kappa shape index (κ3) is 3.78. The van der Waals surface area contributed by atoms with E-state index in [2.05, 4.69) is 45.3 Å². The summed E-state index contributed by atoms with van der Waals surface area (Å²) in [6.45, 7) is 7.43. The molecule has 0 atom stereocenters. The molecule has 0 spiro atoms. The molecule has 0 saturated carbocycles. The van der Waals surface area contributed by atoms with Crippen molar-refractivity contribution in [1.29, 1.82) is 0 Å². The maximum Gasteiger partial charge on any atom is 0.272 e. The van der Waals surface area contributed by atoms with Gasteiger partial charge in [-0.25, -0.2) is 0 Å². The molecular weight excluding hydrogens is 350 g/mol. The van der Waals surface area contributed by atoms with Gasteiger partial charge in [0.1, 0.15) is 0 Å². The third-order valence-electron chi connectivity index (χ3n) is 5.58. The van der Waals surface area contributed by atoms with Gasteiger partial charge in [-0.2, -0.15) is 5.10 Å². The zero-order valence-corrected chi connectivity index (χ0v) is 16.5. The molecule has 28 heavy (non-hydrogen) atoms. The fourth-order valence-corrected chi connectivity index (χ4v) is 3.64. The number of hydrogen-bond acceptors (Lipinski definition) is 4. The molecule has 0 bridgehead atoms. The maximum absolute atomic E-state index is 12.7. The highest BCUT2D eigenvalue weighted by molar-refractivity contribution is 6.05. The summed E-state index contributed by atoms with van der Waals surface area (Å²) in [7, 11) is 0. The van der Waals surface area contributed by atoms with Crippen molar-refractivity contribution in [3.8, 4) is 11.1 Å². The van der Waals surface area contributed by atoms with Crippen molar-refractivity contribution in [2.45, 2.75) is 45.7 Å². The van der Waals surface area contributed by atoms with E-state index in [-0.39, 0.29) is 11.9 Å². The van der Waals surface area contributed by atoms with Crippen molar-refractivity contribution in [3.05, 3.63) is 47.9 Å². The fourth-order valence-electron chi connectivity index (χ4n) is 3.64. The van der Waals surface area contributed by atoms with E-state index in [4.69, 9.17) is 0 Å². The van der Waals surface area contributed by atoms with E-state index < -0.39 is 0 Å². The van der Waals surface area contributed by atoms with E-state index in [0.717, 1.165) is 41.4 Å². The molecule has 1 aliphatic rings. The molecule has 1 aromatic carbocycles. The van der Waals surface area contributed by atoms with E-state index in [1.54, 1.807) is 0 Å². The number of carbonyl (C=O) groups is 1. The Bertz CT molecular complexity index is 972. The van der Waals surface area contributed by atoms with Crippen molar-refractivity contribution < 1.29 is 4.79 Å². The summed E-state index contributed by atoms with van der Waals surface area (Å²) in [5.41, 5.74) is 4.64. The lowest BCUT2D eigenvalue weighted by Gasteiger charge is -2.30. The lowest BCUT2D eigenvalue weighted by atomic mass is 10.0. The first-order valence-corrected chi connectivity index (χ1v) is 10.1. The molecule has 6 heteroatoms. The zero-order valence-electron chi connectivity index (χ0n) is 16.5. The van der Waals surface area contributed by atoms with Gasteiger partial charge in [0.25, 0.3) is 5.91 Å². The Morgan fingerprint density at radius 3 is 2.71 bits per heavy atom. The SMILES string of the molecule is CCC(CC)NC(=O)c1n[nH]c2ccc(-c3cncc(CN4CCC4)c3)cc12. The molecule has 1 fully saturated rings. The highest BCUT2D eigenvalue weighted by atomic mass is 16.2. The van der Waals surface area contributed by atoms with Crippen LogP contribution in [0.5, 0.6) is 0 Å². The summed E-state index contributed by atoms with van der Waals surface area (Å²) in [6.07, 6.45) is 6.92. The van der Waals surface area contributed by atoms with Gasteiger partial charge in [0.05, 0.1) is 5.52 Å². The van der Waals surface area contributed by atoms with Crippen LogP contribution in [0.3, 0.4) is 0 Å². The number of hydrogen-bond donors (Lipinski definition) is 2. The summed E-state index contributed by atoms with van der Waals surface area (Å²) in [5.74, 6) is -0.123. The summed E-state index contributed by atoms with van der Waals surface area (Å²) in [5, 5.41) is 11.2. The van der Waals surface area contributed by atoms with Crippen LogP contribution in [-0.2, 0) is 6.54 Å². The molecule has 3 aromatic rings. The Balaban J connectivity index is 1.62. The van der Waals surface area contributed by atoms with Crippen LogP contribution in [0, 0.1) is 0 Å². The van der Waals surface area contributed by atoms with E-state index in [0.29, 0.717) is 5.69 Å². The average molecular weight is 377 g/mol. The van der Waals surface area contributed by atoms with Crippen LogP contribution in [0.25, 0.3) is 22.0 Å². The number of benzene rings is 1. The Labute approximate surface area is 165 Å². The number of likely N-dealkylation sites (tertiary alicyclic amines) is 1. The summed E-state index contributed by atoms with van der Waals surface area (Å²) in [6, 6.07) is 8.42. The van der Waals surface area contributed by atoms with Crippen LogP contribution in [0.15, 0.2) is 36.7 Å². The van der Waals surface area contributed by atoms with E-state index in [1.165, 1.54) is 25.1 Å². The first kappa shape index (κ1) is 18.6. The molecule has 2 aromatic heterocycles. The minimum Gasteiger partial charge on any atom is -0.348 e. The lowest BCUT2D eigenvalue weighted by molar-refractivity contribution is 0.0931. The van der Waals surface area contributed by atoms with Gasteiger partial charge >= 0.3 is 0 Å². The van der Waals surface area contributed by atoms with Crippen LogP contribution >= 0.6 is 0 Å². The van der Waals surface area contributed by atoms with Gasteiger partial charge in [0.2, 0.25) is 0 Å². The van der Waals surface area contributed by atoms with Crippen LogP contribution < -0.4 is 5.32 Å². The molecule has 4 rings (SSSR count). The molecule has 0 aliphatic carbocycles. The minimum absolute atomic E-state index is 0.123. The van der Waals surface area contributed by atoms with E-state index >= 15 is 0 Å². The van der Waals surface area contributed by atoms with Crippen LogP contribution in [-0.4, -0.2) is 45.1 Å². The number of pyridine rings is 1. The fraction of sp³-hybridized carbons (Fsp3) is 0.409.